The first-order valence-electron chi connectivity index (χ1n) is 6.45. The lowest BCUT2D eigenvalue weighted by molar-refractivity contribution is 0.276. The molecule has 2 aromatic heterocycles. The number of hydrogen-bond donors (Lipinski definition) is 2. The monoisotopic (exact) mass is 310 g/mol. The number of aliphatic hydroxyl groups is 1. The predicted octanol–water partition coefficient (Wildman–Crippen LogP) is 1.57. The Bertz CT molecular complexity index is 750. The Morgan fingerprint density at radius 2 is 2.00 bits per heavy atom. The summed E-state index contributed by atoms with van der Waals surface area (Å²) in [6.45, 7) is 4.84. The Kier molecular flexibility index (Phi) is 4.46. The summed E-state index contributed by atoms with van der Waals surface area (Å²) < 4.78 is 32.7. The topological polar surface area (TPSA) is 92.4 Å². The van der Waals surface area contributed by atoms with Gasteiger partial charge in [0.25, 0.3) is 0 Å². The molecule has 6 nitrogen and oxygen atoms in total. The van der Waals surface area contributed by atoms with Crippen molar-refractivity contribution in [3.05, 3.63) is 46.7 Å². The Labute approximate surface area is 123 Å². The van der Waals surface area contributed by atoms with Gasteiger partial charge in [0, 0.05) is 24.5 Å². The van der Waals surface area contributed by atoms with Crippen molar-refractivity contribution in [1.82, 2.24) is 9.71 Å². The van der Waals surface area contributed by atoms with E-state index in [9.17, 15) is 13.5 Å². The molecule has 2 rings (SSSR count). The minimum atomic E-state index is -3.75. The smallest absolute Gasteiger partial charge is 0.244 e. The van der Waals surface area contributed by atoms with Crippen molar-refractivity contribution in [3.63, 3.8) is 0 Å². The number of pyridine rings is 1. The zero-order chi connectivity index (χ0) is 15.6. The molecule has 0 saturated heterocycles. The van der Waals surface area contributed by atoms with Crippen molar-refractivity contribution >= 4 is 10.0 Å². The molecule has 0 aliphatic heterocycles. The van der Waals surface area contributed by atoms with Crippen LogP contribution in [-0.4, -0.2) is 18.5 Å². The lowest BCUT2D eigenvalue weighted by Gasteiger charge is -2.09. The van der Waals surface area contributed by atoms with Crippen LogP contribution in [0, 0.1) is 20.8 Å². The summed E-state index contributed by atoms with van der Waals surface area (Å²) in [7, 11) is -3.75. The van der Waals surface area contributed by atoms with Gasteiger partial charge in [0.15, 0.2) is 0 Å². The molecule has 0 aromatic carbocycles. The maximum Gasteiger partial charge on any atom is 0.244 e. The summed E-state index contributed by atoms with van der Waals surface area (Å²) in [4.78, 5) is 3.99. The first-order valence-corrected chi connectivity index (χ1v) is 7.94. The first-order chi connectivity index (χ1) is 9.86. The van der Waals surface area contributed by atoms with Crippen LogP contribution in [0.3, 0.4) is 0 Å². The fourth-order valence-corrected chi connectivity index (χ4v) is 3.63. The predicted molar refractivity (Wildman–Crippen MR) is 77.1 cm³/mol. The maximum atomic E-state index is 12.4. The van der Waals surface area contributed by atoms with Gasteiger partial charge in [-0.3, -0.25) is 4.98 Å². The summed E-state index contributed by atoms with van der Waals surface area (Å²) in [5.41, 5.74) is 2.05. The average molecular weight is 310 g/mol. The second kappa shape index (κ2) is 5.97. The minimum absolute atomic E-state index is 0.0224. The van der Waals surface area contributed by atoms with Gasteiger partial charge in [-0.05, 0) is 38.0 Å². The SMILES string of the molecule is Cc1cnccc1CNS(=O)(=O)c1c(C)oc(C)c1CO. The molecule has 0 atom stereocenters. The third kappa shape index (κ3) is 3.15. The molecule has 0 radical (unpaired) electrons. The van der Waals surface area contributed by atoms with Crippen LogP contribution in [-0.2, 0) is 23.2 Å². The molecule has 0 saturated carbocycles. The number of aliphatic hydroxyl groups excluding tert-OH is 1. The second-order valence-electron chi connectivity index (χ2n) is 4.81. The van der Waals surface area contributed by atoms with E-state index < -0.39 is 10.0 Å². The highest BCUT2D eigenvalue weighted by molar-refractivity contribution is 7.89. The molecule has 2 aromatic rings. The van der Waals surface area contributed by atoms with Gasteiger partial charge in [0.05, 0.1) is 6.61 Å². The summed E-state index contributed by atoms with van der Waals surface area (Å²) in [6.07, 6.45) is 3.29. The Balaban J connectivity index is 2.30. The van der Waals surface area contributed by atoms with Gasteiger partial charge in [-0.15, -0.1) is 0 Å². The van der Waals surface area contributed by atoms with E-state index in [1.54, 1.807) is 32.3 Å². The van der Waals surface area contributed by atoms with Crippen LogP contribution in [0.4, 0.5) is 0 Å². The number of rotatable bonds is 5. The van der Waals surface area contributed by atoms with Crippen LogP contribution in [0.5, 0.6) is 0 Å². The molecule has 7 heteroatoms. The zero-order valence-electron chi connectivity index (χ0n) is 12.2. The number of furan rings is 1. The fraction of sp³-hybridized carbons (Fsp3) is 0.357. The number of aromatic nitrogens is 1. The van der Waals surface area contributed by atoms with Gasteiger partial charge < -0.3 is 9.52 Å². The van der Waals surface area contributed by atoms with Gasteiger partial charge in [-0.25, -0.2) is 13.1 Å². The van der Waals surface area contributed by atoms with Gasteiger partial charge >= 0.3 is 0 Å². The van der Waals surface area contributed by atoms with E-state index in [0.29, 0.717) is 11.3 Å². The zero-order valence-corrected chi connectivity index (χ0v) is 13.0. The van der Waals surface area contributed by atoms with E-state index in [1.807, 2.05) is 6.92 Å². The van der Waals surface area contributed by atoms with E-state index in [1.165, 1.54) is 0 Å². The van der Waals surface area contributed by atoms with Crippen molar-refractivity contribution in [1.29, 1.82) is 0 Å². The van der Waals surface area contributed by atoms with Gasteiger partial charge in [-0.1, -0.05) is 0 Å². The third-order valence-corrected chi connectivity index (χ3v) is 4.94. The number of hydrogen-bond acceptors (Lipinski definition) is 5. The molecule has 0 aliphatic rings. The highest BCUT2D eigenvalue weighted by Gasteiger charge is 2.26. The summed E-state index contributed by atoms with van der Waals surface area (Å²) in [5, 5.41) is 9.34. The van der Waals surface area contributed by atoms with E-state index in [-0.39, 0.29) is 23.8 Å². The third-order valence-electron chi connectivity index (χ3n) is 3.34. The number of aryl methyl sites for hydroxylation is 3. The highest BCUT2D eigenvalue weighted by Crippen LogP contribution is 2.26. The Morgan fingerprint density at radius 3 is 2.62 bits per heavy atom. The van der Waals surface area contributed by atoms with Crippen molar-refractivity contribution in [3.8, 4) is 0 Å². The second-order valence-corrected chi connectivity index (χ2v) is 6.51. The van der Waals surface area contributed by atoms with E-state index >= 15 is 0 Å². The lowest BCUT2D eigenvalue weighted by atomic mass is 10.2. The molecule has 0 spiro atoms. The van der Waals surface area contributed by atoms with Crippen LogP contribution in [0.15, 0.2) is 27.8 Å². The van der Waals surface area contributed by atoms with Crippen LogP contribution in [0.2, 0.25) is 0 Å². The molecule has 0 amide bonds. The molecule has 114 valence electrons. The van der Waals surface area contributed by atoms with Crippen molar-refractivity contribution in [2.24, 2.45) is 0 Å². The van der Waals surface area contributed by atoms with Crippen molar-refractivity contribution < 1.29 is 17.9 Å². The Hall–Kier alpha value is -1.70. The van der Waals surface area contributed by atoms with Crippen LogP contribution in [0.1, 0.15) is 28.2 Å². The molecule has 21 heavy (non-hydrogen) atoms. The molecular weight excluding hydrogens is 292 g/mol. The fourth-order valence-electron chi connectivity index (χ4n) is 2.19. The summed E-state index contributed by atoms with van der Waals surface area (Å²) in [5.74, 6) is 0.686. The largest absolute Gasteiger partial charge is 0.465 e. The van der Waals surface area contributed by atoms with Gasteiger partial charge in [-0.2, -0.15) is 0 Å². The van der Waals surface area contributed by atoms with E-state index in [2.05, 4.69) is 9.71 Å². The quantitative estimate of drug-likeness (QED) is 0.874. The van der Waals surface area contributed by atoms with Crippen molar-refractivity contribution in [2.75, 3.05) is 0 Å². The molecule has 0 bridgehead atoms. The van der Waals surface area contributed by atoms with Crippen molar-refractivity contribution in [2.45, 2.75) is 38.8 Å². The number of nitrogens with zero attached hydrogens (tertiary/aromatic N) is 1. The number of sulfonamides is 1. The Morgan fingerprint density at radius 1 is 1.29 bits per heavy atom. The van der Waals surface area contributed by atoms with Gasteiger partial charge in [0.1, 0.15) is 16.4 Å². The molecule has 0 unspecified atom stereocenters. The van der Waals surface area contributed by atoms with Crippen LogP contribution < -0.4 is 4.72 Å². The van der Waals surface area contributed by atoms with Gasteiger partial charge in [0.2, 0.25) is 10.0 Å². The summed E-state index contributed by atoms with van der Waals surface area (Å²) >= 11 is 0. The first kappa shape index (κ1) is 15.7. The van der Waals surface area contributed by atoms with Crippen LogP contribution in [0.25, 0.3) is 0 Å². The van der Waals surface area contributed by atoms with E-state index in [4.69, 9.17) is 4.42 Å². The average Bonchev–Trinajstić information content (AvgIpc) is 2.72. The molecule has 2 heterocycles. The molecule has 0 aliphatic carbocycles. The maximum absolute atomic E-state index is 12.4. The standard InChI is InChI=1S/C14H18N2O4S/c1-9-6-15-5-4-12(9)7-16-21(18,19)14-11(3)20-10(2)13(14)8-17/h4-6,16-17H,7-8H2,1-3H3. The molecule has 0 fully saturated rings. The normalized spacial score (nSPS) is 11.8. The van der Waals surface area contributed by atoms with Crippen LogP contribution >= 0.6 is 0 Å². The lowest BCUT2D eigenvalue weighted by Crippen LogP contribution is -2.25. The van der Waals surface area contributed by atoms with E-state index in [0.717, 1.165) is 11.1 Å². The number of nitrogens with one attached hydrogen (secondary N) is 1. The molecular formula is C14H18N2O4S. The molecule has 2 N–H and O–H groups in total. The minimum Gasteiger partial charge on any atom is -0.465 e. The highest BCUT2D eigenvalue weighted by atomic mass is 32.2. The summed E-state index contributed by atoms with van der Waals surface area (Å²) in [6, 6.07) is 1.76.